The zero-order valence-electron chi connectivity index (χ0n) is 25.8. The minimum absolute atomic E-state index is 0.0565. The Morgan fingerprint density at radius 1 is 0.870 bits per heavy atom. The summed E-state index contributed by atoms with van der Waals surface area (Å²) in [7, 11) is -4.09. The van der Waals surface area contributed by atoms with Crippen LogP contribution in [0, 0.1) is 0 Å². The van der Waals surface area contributed by atoms with Crippen LogP contribution in [0.25, 0.3) is 0 Å². The van der Waals surface area contributed by atoms with E-state index in [0.717, 1.165) is 14.8 Å². The van der Waals surface area contributed by atoms with Crippen LogP contribution in [0.15, 0.2) is 118 Å². The summed E-state index contributed by atoms with van der Waals surface area (Å²) in [6, 6.07) is 29.2. The lowest BCUT2D eigenvalue weighted by molar-refractivity contribution is -0.123. The van der Waals surface area contributed by atoms with E-state index in [1.165, 1.54) is 30.1 Å². The number of thioether (sulfide) groups is 1. The first-order chi connectivity index (χ1) is 22.2. The summed E-state index contributed by atoms with van der Waals surface area (Å²) in [5.74, 6) is 0.192. The minimum atomic E-state index is -4.09. The zero-order valence-corrected chi connectivity index (χ0v) is 27.4. The zero-order chi connectivity index (χ0) is 32.9. The Balaban J connectivity index is 1.35. The van der Waals surface area contributed by atoms with Crippen LogP contribution in [-0.2, 0) is 19.6 Å². The molecule has 0 heterocycles. The second kappa shape index (κ2) is 16.5. The maximum Gasteiger partial charge on any atom is 0.264 e. The van der Waals surface area contributed by atoms with Crippen molar-refractivity contribution < 1.29 is 27.5 Å². The average Bonchev–Trinajstić information content (AvgIpc) is 3.08. The number of rotatable bonds is 15. The third-order valence-electron chi connectivity index (χ3n) is 6.70. The largest absolute Gasteiger partial charge is 0.494 e. The second-order valence-corrected chi connectivity index (χ2v) is 12.7. The van der Waals surface area contributed by atoms with Gasteiger partial charge in [-0.25, -0.2) is 13.8 Å². The Kier molecular flexibility index (Phi) is 12.2. The van der Waals surface area contributed by atoms with Gasteiger partial charge in [-0.3, -0.25) is 13.9 Å². The van der Waals surface area contributed by atoms with E-state index in [-0.39, 0.29) is 23.5 Å². The molecule has 0 saturated carbocycles. The Hall–Kier alpha value is -4.81. The van der Waals surface area contributed by atoms with E-state index in [1.54, 1.807) is 60.7 Å². The molecule has 0 radical (unpaired) electrons. The summed E-state index contributed by atoms with van der Waals surface area (Å²) in [4.78, 5) is 26.2. The first kappa shape index (κ1) is 34.1. The third kappa shape index (κ3) is 9.59. The Morgan fingerprint density at radius 2 is 1.50 bits per heavy atom. The quantitative estimate of drug-likeness (QED) is 0.0993. The molecule has 2 amide bonds. The molecule has 1 atom stereocenters. The molecule has 0 aliphatic heterocycles. The number of carbonyl (C=O) groups excluding carboxylic acids is 2. The predicted octanol–water partition coefficient (Wildman–Crippen LogP) is 5.41. The fourth-order valence-corrected chi connectivity index (χ4v) is 6.15. The Bertz CT molecular complexity index is 1710. The predicted molar refractivity (Wildman–Crippen MR) is 181 cm³/mol. The molecule has 2 N–H and O–H groups in total. The van der Waals surface area contributed by atoms with Crippen LogP contribution in [-0.4, -0.2) is 52.5 Å². The van der Waals surface area contributed by atoms with Crippen molar-refractivity contribution in [3.05, 3.63) is 114 Å². The second-order valence-electron chi connectivity index (χ2n) is 9.96. The van der Waals surface area contributed by atoms with Gasteiger partial charge in [-0.15, -0.1) is 11.8 Å². The molecule has 0 aromatic heterocycles. The SMILES string of the molecule is CCOc1ccc(N(CC(=O)N/N=C\c2ccc(OCC(=O)N[C@@H](C)c3ccccc3)cc2)S(=O)(=O)c2ccc(SC)cc2)cc1. The molecule has 4 rings (SSSR count). The van der Waals surface area contributed by atoms with Crippen LogP contribution in [0.3, 0.4) is 0 Å². The molecule has 12 heteroatoms. The van der Waals surface area contributed by atoms with Gasteiger partial charge >= 0.3 is 0 Å². The van der Waals surface area contributed by atoms with Crippen molar-refractivity contribution in [1.82, 2.24) is 10.7 Å². The molecule has 10 nitrogen and oxygen atoms in total. The van der Waals surface area contributed by atoms with Gasteiger partial charge in [-0.05, 0) is 104 Å². The van der Waals surface area contributed by atoms with Gasteiger partial charge in [-0.1, -0.05) is 30.3 Å². The first-order valence-corrected chi connectivity index (χ1v) is 17.1. The van der Waals surface area contributed by atoms with Crippen molar-refractivity contribution >= 4 is 45.5 Å². The van der Waals surface area contributed by atoms with Gasteiger partial charge in [-0.2, -0.15) is 5.10 Å². The van der Waals surface area contributed by atoms with Gasteiger partial charge < -0.3 is 14.8 Å². The fourth-order valence-electron chi connectivity index (χ4n) is 4.32. The molecule has 0 aliphatic carbocycles. The van der Waals surface area contributed by atoms with Crippen LogP contribution in [0.1, 0.15) is 31.0 Å². The number of nitrogens with one attached hydrogen (secondary N) is 2. The lowest BCUT2D eigenvalue weighted by atomic mass is 10.1. The monoisotopic (exact) mass is 660 g/mol. The van der Waals surface area contributed by atoms with E-state index in [0.29, 0.717) is 29.4 Å². The highest BCUT2D eigenvalue weighted by atomic mass is 32.2. The number of hydrogen-bond donors (Lipinski definition) is 2. The third-order valence-corrected chi connectivity index (χ3v) is 9.23. The molecule has 0 saturated heterocycles. The summed E-state index contributed by atoms with van der Waals surface area (Å²) in [5, 5.41) is 6.89. The van der Waals surface area contributed by atoms with Crippen molar-refractivity contribution in [1.29, 1.82) is 0 Å². The molecule has 0 aliphatic rings. The van der Waals surface area contributed by atoms with Crippen molar-refractivity contribution in [2.75, 3.05) is 30.3 Å². The number of hydrazone groups is 1. The number of anilines is 1. The van der Waals surface area contributed by atoms with E-state index in [4.69, 9.17) is 9.47 Å². The van der Waals surface area contributed by atoms with E-state index < -0.39 is 22.5 Å². The van der Waals surface area contributed by atoms with Crippen molar-refractivity contribution in [2.45, 2.75) is 29.7 Å². The first-order valence-electron chi connectivity index (χ1n) is 14.5. The molecule has 4 aromatic carbocycles. The standard InChI is InChI=1S/C34H36N4O6S2/c1-4-43-29-16-12-28(13-17-29)38(46(41,42)32-20-18-31(45-3)19-21-32)23-33(39)37-35-22-26-10-14-30(15-11-26)44-24-34(40)36-25(2)27-8-6-5-7-9-27/h5-22,25H,4,23-24H2,1-3H3,(H,36,40)(H,37,39)/b35-22-/t25-/m0/s1. The molecular weight excluding hydrogens is 625 g/mol. The molecular formula is C34H36N4O6S2. The van der Waals surface area contributed by atoms with E-state index >= 15 is 0 Å². The number of amides is 2. The fraction of sp³-hybridized carbons (Fsp3) is 0.206. The van der Waals surface area contributed by atoms with Crippen molar-refractivity contribution in [3.63, 3.8) is 0 Å². The number of benzene rings is 4. The summed E-state index contributed by atoms with van der Waals surface area (Å²) >= 11 is 1.50. The molecule has 240 valence electrons. The lowest BCUT2D eigenvalue weighted by Gasteiger charge is -2.24. The highest BCUT2D eigenvalue weighted by Gasteiger charge is 2.27. The smallest absolute Gasteiger partial charge is 0.264 e. The van der Waals surface area contributed by atoms with Crippen molar-refractivity contribution in [2.24, 2.45) is 5.10 Å². The minimum Gasteiger partial charge on any atom is -0.494 e. The van der Waals surface area contributed by atoms with Crippen LogP contribution in [0.2, 0.25) is 0 Å². The van der Waals surface area contributed by atoms with Gasteiger partial charge in [0.15, 0.2) is 6.61 Å². The normalized spacial score (nSPS) is 11.9. The van der Waals surface area contributed by atoms with Crippen LogP contribution >= 0.6 is 11.8 Å². The Labute approximate surface area is 273 Å². The van der Waals surface area contributed by atoms with Gasteiger partial charge in [0.1, 0.15) is 18.0 Å². The molecule has 0 spiro atoms. The number of carbonyl (C=O) groups is 2. The number of hydrogen-bond acceptors (Lipinski definition) is 8. The van der Waals surface area contributed by atoms with E-state index in [9.17, 15) is 18.0 Å². The molecule has 4 aromatic rings. The highest BCUT2D eigenvalue weighted by molar-refractivity contribution is 7.98. The molecule has 46 heavy (non-hydrogen) atoms. The van der Waals surface area contributed by atoms with E-state index in [2.05, 4.69) is 15.8 Å². The van der Waals surface area contributed by atoms with Gasteiger partial charge in [0.05, 0.1) is 29.4 Å². The maximum atomic E-state index is 13.7. The topological polar surface area (TPSA) is 126 Å². The molecule has 0 fully saturated rings. The number of nitrogens with zero attached hydrogens (tertiary/aromatic N) is 2. The van der Waals surface area contributed by atoms with Gasteiger partial charge in [0.2, 0.25) is 0 Å². The van der Waals surface area contributed by atoms with Crippen LogP contribution < -0.4 is 24.5 Å². The highest BCUT2D eigenvalue weighted by Crippen LogP contribution is 2.27. The van der Waals surface area contributed by atoms with Crippen LogP contribution in [0.4, 0.5) is 5.69 Å². The molecule has 0 unspecified atom stereocenters. The summed E-state index contributed by atoms with van der Waals surface area (Å²) in [6.07, 6.45) is 3.32. The number of ether oxygens (including phenoxy) is 2. The lowest BCUT2D eigenvalue weighted by Crippen LogP contribution is -2.39. The average molecular weight is 661 g/mol. The molecule has 0 bridgehead atoms. The van der Waals surface area contributed by atoms with Gasteiger partial charge in [0.25, 0.3) is 21.8 Å². The summed E-state index contributed by atoms with van der Waals surface area (Å²) < 4.78 is 39.4. The summed E-state index contributed by atoms with van der Waals surface area (Å²) in [5.41, 5.74) is 4.36. The Morgan fingerprint density at radius 3 is 2.13 bits per heavy atom. The number of sulfonamides is 1. The van der Waals surface area contributed by atoms with Gasteiger partial charge in [0, 0.05) is 4.90 Å². The van der Waals surface area contributed by atoms with E-state index in [1.807, 2.05) is 50.4 Å². The van der Waals surface area contributed by atoms with Crippen LogP contribution in [0.5, 0.6) is 11.5 Å². The summed E-state index contributed by atoms with van der Waals surface area (Å²) in [6.45, 7) is 3.57. The van der Waals surface area contributed by atoms with Crippen molar-refractivity contribution in [3.8, 4) is 11.5 Å². The maximum absolute atomic E-state index is 13.7.